The summed E-state index contributed by atoms with van der Waals surface area (Å²) < 4.78 is 38.8. The molecule has 176 valence electrons. The lowest BCUT2D eigenvalue weighted by Gasteiger charge is -2.29. The number of nitrogens with one attached hydrogen (secondary N) is 1. The number of anilines is 1. The Morgan fingerprint density at radius 2 is 1.94 bits per heavy atom. The summed E-state index contributed by atoms with van der Waals surface area (Å²) in [5, 5.41) is 6.62. The van der Waals surface area contributed by atoms with E-state index in [0.29, 0.717) is 12.1 Å². The van der Waals surface area contributed by atoms with Crippen molar-refractivity contribution < 1.29 is 27.5 Å². The molecule has 0 fully saturated rings. The molecule has 2 aromatic rings. The Morgan fingerprint density at radius 1 is 1.25 bits per heavy atom. The second kappa shape index (κ2) is 10.8. The SMILES string of the molecule is Cn1cc(N(CCCNC(=O)OCc2ccccc2)S(=O)(=O)CC(C)(C)OC(N)=O)cn1. The molecule has 0 spiro atoms. The predicted molar refractivity (Wildman–Crippen MR) is 118 cm³/mol. The second-order valence-corrected chi connectivity index (χ2v) is 9.62. The lowest BCUT2D eigenvalue weighted by Crippen LogP contribution is -2.44. The molecule has 2 rings (SSSR count). The summed E-state index contributed by atoms with van der Waals surface area (Å²) >= 11 is 0. The number of carbonyl (C=O) groups is 2. The van der Waals surface area contributed by atoms with Gasteiger partial charge in [-0.2, -0.15) is 5.10 Å². The minimum absolute atomic E-state index is 0.0691. The molecule has 2 amide bonds. The van der Waals surface area contributed by atoms with Gasteiger partial charge in [-0.1, -0.05) is 30.3 Å². The number of hydrogen-bond donors (Lipinski definition) is 2. The van der Waals surface area contributed by atoms with Crippen molar-refractivity contribution in [2.45, 2.75) is 32.5 Å². The molecule has 0 saturated heterocycles. The van der Waals surface area contributed by atoms with Gasteiger partial charge in [0.05, 0.1) is 11.9 Å². The van der Waals surface area contributed by atoms with Crippen molar-refractivity contribution >= 4 is 27.9 Å². The maximum atomic E-state index is 13.1. The van der Waals surface area contributed by atoms with Crippen LogP contribution in [0.25, 0.3) is 0 Å². The number of benzene rings is 1. The third kappa shape index (κ3) is 8.10. The molecule has 0 aliphatic heterocycles. The Hall–Kier alpha value is -3.28. The van der Waals surface area contributed by atoms with Crippen LogP contribution in [0.1, 0.15) is 25.8 Å². The monoisotopic (exact) mass is 467 g/mol. The van der Waals surface area contributed by atoms with Crippen LogP contribution in [0.2, 0.25) is 0 Å². The van der Waals surface area contributed by atoms with E-state index in [9.17, 15) is 18.0 Å². The highest BCUT2D eigenvalue weighted by atomic mass is 32.2. The molecule has 0 aliphatic carbocycles. The summed E-state index contributed by atoms with van der Waals surface area (Å²) in [7, 11) is -2.24. The van der Waals surface area contributed by atoms with Crippen LogP contribution in [0, 0.1) is 0 Å². The molecule has 32 heavy (non-hydrogen) atoms. The van der Waals surface area contributed by atoms with Crippen molar-refractivity contribution in [1.29, 1.82) is 0 Å². The molecule has 11 nitrogen and oxygen atoms in total. The summed E-state index contributed by atoms with van der Waals surface area (Å²) in [6.07, 6.45) is 1.63. The van der Waals surface area contributed by atoms with Crippen molar-refractivity contribution in [3.05, 3.63) is 48.3 Å². The Bertz CT molecular complexity index is 1010. The van der Waals surface area contributed by atoms with Gasteiger partial charge in [-0.15, -0.1) is 0 Å². The number of amides is 2. The molecular weight excluding hydrogens is 438 g/mol. The van der Waals surface area contributed by atoms with Gasteiger partial charge in [-0.05, 0) is 25.8 Å². The number of sulfonamides is 1. The number of carbonyl (C=O) groups excluding carboxylic acids is 2. The summed E-state index contributed by atoms with van der Waals surface area (Å²) in [6, 6.07) is 9.24. The zero-order valence-corrected chi connectivity index (χ0v) is 19.2. The number of nitrogens with zero attached hydrogens (tertiary/aromatic N) is 3. The smallest absolute Gasteiger partial charge is 0.407 e. The molecule has 0 radical (unpaired) electrons. The van der Waals surface area contributed by atoms with Crippen LogP contribution < -0.4 is 15.4 Å². The van der Waals surface area contributed by atoms with Crippen LogP contribution >= 0.6 is 0 Å². The van der Waals surface area contributed by atoms with Gasteiger partial charge in [0.25, 0.3) is 0 Å². The van der Waals surface area contributed by atoms with E-state index in [1.54, 1.807) is 13.2 Å². The van der Waals surface area contributed by atoms with E-state index >= 15 is 0 Å². The first-order valence-corrected chi connectivity index (χ1v) is 11.5. The molecule has 1 aromatic heterocycles. The van der Waals surface area contributed by atoms with E-state index in [0.717, 1.165) is 5.56 Å². The largest absolute Gasteiger partial charge is 0.445 e. The zero-order chi connectivity index (χ0) is 23.8. The van der Waals surface area contributed by atoms with E-state index in [1.165, 1.54) is 29.0 Å². The first-order valence-electron chi connectivity index (χ1n) is 9.90. The molecule has 3 N–H and O–H groups in total. The molecule has 1 heterocycles. The number of aromatic nitrogens is 2. The maximum absolute atomic E-state index is 13.1. The number of hydrogen-bond acceptors (Lipinski definition) is 7. The average molecular weight is 468 g/mol. The third-order valence-electron chi connectivity index (χ3n) is 4.24. The fraction of sp³-hybridized carbons (Fsp3) is 0.450. The summed E-state index contributed by atoms with van der Waals surface area (Å²) in [5.41, 5.74) is 4.93. The summed E-state index contributed by atoms with van der Waals surface area (Å²) in [6.45, 7) is 3.32. The first-order chi connectivity index (χ1) is 15.0. The predicted octanol–water partition coefficient (Wildman–Crippen LogP) is 1.75. The fourth-order valence-electron chi connectivity index (χ4n) is 2.97. The number of aryl methyl sites for hydroxylation is 1. The topological polar surface area (TPSA) is 146 Å². The minimum atomic E-state index is -3.91. The molecule has 12 heteroatoms. The summed E-state index contributed by atoms with van der Waals surface area (Å²) in [4.78, 5) is 23.0. The van der Waals surface area contributed by atoms with Crippen LogP contribution in [0.4, 0.5) is 15.3 Å². The van der Waals surface area contributed by atoms with Gasteiger partial charge >= 0.3 is 12.2 Å². The fourth-order valence-corrected chi connectivity index (χ4v) is 4.89. The second-order valence-electron chi connectivity index (χ2n) is 7.72. The Morgan fingerprint density at radius 3 is 2.53 bits per heavy atom. The van der Waals surface area contributed by atoms with Crippen LogP contribution in [0.3, 0.4) is 0 Å². The van der Waals surface area contributed by atoms with E-state index in [-0.39, 0.29) is 19.7 Å². The number of ether oxygens (including phenoxy) is 2. The van der Waals surface area contributed by atoms with Crippen molar-refractivity contribution in [2.75, 3.05) is 23.1 Å². The summed E-state index contributed by atoms with van der Waals surface area (Å²) in [5.74, 6) is -0.482. The van der Waals surface area contributed by atoms with Gasteiger partial charge in [0, 0.05) is 26.3 Å². The maximum Gasteiger partial charge on any atom is 0.407 e. The molecule has 0 unspecified atom stereocenters. The van der Waals surface area contributed by atoms with Crippen molar-refractivity contribution in [3.63, 3.8) is 0 Å². The molecule has 0 bridgehead atoms. The number of alkyl carbamates (subject to hydrolysis) is 1. The third-order valence-corrected chi connectivity index (χ3v) is 6.37. The minimum Gasteiger partial charge on any atom is -0.445 e. The van der Waals surface area contributed by atoms with Crippen LogP contribution in [-0.2, 0) is 33.2 Å². The van der Waals surface area contributed by atoms with Gasteiger partial charge in [0.2, 0.25) is 10.0 Å². The number of primary amides is 1. The Balaban J connectivity index is 1.95. The molecule has 0 saturated carbocycles. The number of nitrogens with two attached hydrogens (primary N) is 1. The van der Waals surface area contributed by atoms with Gasteiger partial charge in [0.1, 0.15) is 18.0 Å². The van der Waals surface area contributed by atoms with Gasteiger partial charge < -0.3 is 20.5 Å². The van der Waals surface area contributed by atoms with Crippen LogP contribution in [0.5, 0.6) is 0 Å². The van der Waals surface area contributed by atoms with E-state index in [2.05, 4.69) is 10.4 Å². The van der Waals surface area contributed by atoms with E-state index in [4.69, 9.17) is 15.2 Å². The Labute approximate surface area is 187 Å². The van der Waals surface area contributed by atoms with Crippen molar-refractivity contribution in [3.8, 4) is 0 Å². The highest BCUT2D eigenvalue weighted by Gasteiger charge is 2.34. The highest BCUT2D eigenvalue weighted by molar-refractivity contribution is 7.92. The molecule has 0 aliphatic rings. The Kier molecular flexibility index (Phi) is 8.47. The molecule has 0 atom stereocenters. The van der Waals surface area contributed by atoms with Crippen LogP contribution in [0.15, 0.2) is 42.7 Å². The zero-order valence-electron chi connectivity index (χ0n) is 18.4. The lowest BCUT2D eigenvalue weighted by molar-refractivity contribution is 0.0622. The highest BCUT2D eigenvalue weighted by Crippen LogP contribution is 2.22. The van der Waals surface area contributed by atoms with Gasteiger partial charge in [-0.25, -0.2) is 18.0 Å². The van der Waals surface area contributed by atoms with E-state index < -0.39 is 33.6 Å². The molecule has 1 aromatic carbocycles. The lowest BCUT2D eigenvalue weighted by atomic mass is 10.2. The quantitative estimate of drug-likeness (QED) is 0.479. The average Bonchev–Trinajstić information content (AvgIpc) is 3.10. The normalized spacial score (nSPS) is 11.6. The number of rotatable bonds is 11. The van der Waals surface area contributed by atoms with Crippen molar-refractivity contribution in [1.82, 2.24) is 15.1 Å². The van der Waals surface area contributed by atoms with Gasteiger partial charge in [-0.3, -0.25) is 8.99 Å². The standard InChI is InChI=1S/C20H29N5O6S/c1-20(2,31-18(21)26)15-32(28,29)25(17-12-23-24(3)13-17)11-7-10-22-19(27)30-14-16-8-5-4-6-9-16/h4-6,8-9,12-13H,7,10-11,14-15H2,1-3H3,(H2,21,26)(H,22,27). The van der Waals surface area contributed by atoms with E-state index in [1.807, 2.05) is 30.3 Å². The van der Waals surface area contributed by atoms with Gasteiger partial charge in [0.15, 0.2) is 0 Å². The molecular formula is C20H29N5O6S. The first kappa shape index (κ1) is 25.0. The van der Waals surface area contributed by atoms with Crippen LogP contribution in [-0.4, -0.2) is 54.8 Å². The van der Waals surface area contributed by atoms with Crippen molar-refractivity contribution in [2.24, 2.45) is 12.8 Å².